The summed E-state index contributed by atoms with van der Waals surface area (Å²) in [5.41, 5.74) is 1.16. The molecule has 5 heteroatoms. The Morgan fingerprint density at radius 2 is 2.20 bits per heavy atom. The van der Waals surface area contributed by atoms with Gasteiger partial charge in [-0.2, -0.15) is 0 Å². The van der Waals surface area contributed by atoms with Crippen LogP contribution in [0, 0.1) is 17.0 Å². The fraction of sp³-hybridized carbons (Fsp3) is 0.100. The number of nitro groups is 1. The van der Waals surface area contributed by atoms with Crippen LogP contribution in [0.4, 0.5) is 5.69 Å². The molecule has 0 aliphatic rings. The first-order valence-corrected chi connectivity index (χ1v) is 4.17. The quantitative estimate of drug-likeness (QED) is 0.467. The van der Waals surface area contributed by atoms with Crippen molar-refractivity contribution in [3.05, 3.63) is 45.5 Å². The molecule has 0 amide bonds. The predicted molar refractivity (Wildman–Crippen MR) is 54.5 cm³/mol. The number of carboxylic acids is 1. The van der Waals surface area contributed by atoms with Gasteiger partial charge < -0.3 is 5.11 Å². The van der Waals surface area contributed by atoms with Gasteiger partial charge in [-0.1, -0.05) is 0 Å². The van der Waals surface area contributed by atoms with Crippen molar-refractivity contribution in [3.63, 3.8) is 0 Å². The van der Waals surface area contributed by atoms with Crippen LogP contribution in [0.5, 0.6) is 0 Å². The maximum absolute atomic E-state index is 10.5. The van der Waals surface area contributed by atoms with Crippen LogP contribution in [-0.2, 0) is 4.79 Å². The zero-order valence-electron chi connectivity index (χ0n) is 8.01. The first-order chi connectivity index (χ1) is 7.00. The summed E-state index contributed by atoms with van der Waals surface area (Å²) in [6.45, 7) is 1.61. The van der Waals surface area contributed by atoms with Crippen LogP contribution >= 0.6 is 0 Å². The molecule has 1 N–H and O–H groups in total. The van der Waals surface area contributed by atoms with Crippen molar-refractivity contribution < 1.29 is 14.8 Å². The molecule has 78 valence electrons. The Balaban J connectivity index is 3.01. The summed E-state index contributed by atoms with van der Waals surface area (Å²) in [5.74, 6) is -1.05. The largest absolute Gasteiger partial charge is 0.478 e. The number of benzene rings is 1. The smallest absolute Gasteiger partial charge is 0.328 e. The van der Waals surface area contributed by atoms with E-state index in [9.17, 15) is 14.9 Å². The lowest BCUT2D eigenvalue weighted by Crippen LogP contribution is -1.92. The van der Waals surface area contributed by atoms with Crippen LogP contribution in [-0.4, -0.2) is 16.0 Å². The zero-order valence-corrected chi connectivity index (χ0v) is 8.01. The SMILES string of the molecule is Cc1cc(/C=C/C(=O)O)ccc1[N+](=O)[O-]. The van der Waals surface area contributed by atoms with Gasteiger partial charge in [-0.05, 0) is 30.7 Å². The molecule has 0 heterocycles. The van der Waals surface area contributed by atoms with E-state index in [-0.39, 0.29) is 5.69 Å². The molecule has 0 spiro atoms. The summed E-state index contributed by atoms with van der Waals surface area (Å²) in [7, 11) is 0. The second-order valence-electron chi connectivity index (χ2n) is 2.97. The minimum atomic E-state index is -1.05. The number of aliphatic carboxylic acids is 1. The molecule has 0 fully saturated rings. The average Bonchev–Trinajstić information content (AvgIpc) is 2.14. The van der Waals surface area contributed by atoms with Gasteiger partial charge in [0.1, 0.15) is 0 Å². The molecule has 0 bridgehead atoms. The second-order valence-corrected chi connectivity index (χ2v) is 2.97. The van der Waals surface area contributed by atoms with Crippen molar-refractivity contribution in [1.29, 1.82) is 0 Å². The van der Waals surface area contributed by atoms with E-state index < -0.39 is 10.9 Å². The van der Waals surface area contributed by atoms with Gasteiger partial charge in [-0.25, -0.2) is 4.79 Å². The van der Waals surface area contributed by atoms with Gasteiger partial charge in [0.05, 0.1) is 4.92 Å². The third-order valence-electron chi connectivity index (χ3n) is 1.84. The number of nitrogens with zero attached hydrogens (tertiary/aromatic N) is 1. The summed E-state index contributed by atoms with van der Waals surface area (Å²) < 4.78 is 0. The number of nitro benzene ring substituents is 1. The normalized spacial score (nSPS) is 10.5. The summed E-state index contributed by atoms with van der Waals surface area (Å²) >= 11 is 0. The Kier molecular flexibility index (Phi) is 3.17. The lowest BCUT2D eigenvalue weighted by Gasteiger charge is -1.98. The third kappa shape index (κ3) is 2.91. The molecule has 1 aromatic carbocycles. The van der Waals surface area contributed by atoms with E-state index in [4.69, 9.17) is 5.11 Å². The van der Waals surface area contributed by atoms with Crippen molar-refractivity contribution in [2.45, 2.75) is 6.92 Å². The molecule has 0 unspecified atom stereocenters. The number of carboxylic acid groups (broad SMARTS) is 1. The maximum Gasteiger partial charge on any atom is 0.328 e. The predicted octanol–water partition coefficient (Wildman–Crippen LogP) is 2.00. The van der Waals surface area contributed by atoms with Crippen LogP contribution in [0.15, 0.2) is 24.3 Å². The van der Waals surface area contributed by atoms with Gasteiger partial charge >= 0.3 is 5.97 Å². The Labute approximate surface area is 85.8 Å². The Hall–Kier alpha value is -2.17. The molecule has 0 aliphatic carbocycles. The van der Waals surface area contributed by atoms with E-state index in [1.807, 2.05) is 0 Å². The first-order valence-electron chi connectivity index (χ1n) is 4.17. The van der Waals surface area contributed by atoms with Crippen LogP contribution in [0.25, 0.3) is 6.08 Å². The molecular formula is C10H9NO4. The number of hydrogen-bond donors (Lipinski definition) is 1. The van der Waals surface area contributed by atoms with Crippen LogP contribution in [0.2, 0.25) is 0 Å². The minimum absolute atomic E-state index is 0.0301. The number of hydrogen-bond acceptors (Lipinski definition) is 3. The van der Waals surface area contributed by atoms with Gasteiger partial charge in [0.15, 0.2) is 0 Å². The number of rotatable bonds is 3. The minimum Gasteiger partial charge on any atom is -0.478 e. The van der Waals surface area contributed by atoms with Crippen LogP contribution < -0.4 is 0 Å². The summed E-state index contributed by atoms with van der Waals surface area (Å²) in [6.07, 6.45) is 2.37. The maximum atomic E-state index is 10.5. The third-order valence-corrected chi connectivity index (χ3v) is 1.84. The van der Waals surface area contributed by atoms with Crippen molar-refractivity contribution in [1.82, 2.24) is 0 Å². The lowest BCUT2D eigenvalue weighted by atomic mass is 10.1. The molecule has 0 atom stereocenters. The van der Waals surface area contributed by atoms with E-state index in [0.717, 1.165) is 6.08 Å². The molecule has 0 saturated carbocycles. The molecule has 0 aromatic heterocycles. The molecule has 1 aromatic rings. The van der Waals surface area contributed by atoms with Gasteiger partial charge in [0, 0.05) is 17.7 Å². The highest BCUT2D eigenvalue weighted by molar-refractivity contribution is 5.85. The van der Waals surface area contributed by atoms with E-state index in [1.165, 1.54) is 18.2 Å². The molecule has 0 saturated heterocycles. The summed E-state index contributed by atoms with van der Waals surface area (Å²) in [6, 6.07) is 4.43. The van der Waals surface area contributed by atoms with Crippen molar-refractivity contribution in [2.75, 3.05) is 0 Å². The Morgan fingerprint density at radius 1 is 1.53 bits per heavy atom. The van der Waals surface area contributed by atoms with Crippen LogP contribution in [0.3, 0.4) is 0 Å². The second kappa shape index (κ2) is 4.36. The van der Waals surface area contributed by atoms with Crippen molar-refractivity contribution >= 4 is 17.7 Å². The fourth-order valence-corrected chi connectivity index (χ4v) is 1.15. The topological polar surface area (TPSA) is 80.4 Å². The van der Waals surface area contributed by atoms with Crippen molar-refractivity contribution in [2.24, 2.45) is 0 Å². The highest BCUT2D eigenvalue weighted by Crippen LogP contribution is 2.19. The van der Waals surface area contributed by atoms with Crippen molar-refractivity contribution in [3.8, 4) is 0 Å². The first kappa shape index (κ1) is 10.9. The summed E-state index contributed by atoms with van der Waals surface area (Å²) in [5, 5.41) is 18.9. The Bertz CT molecular complexity index is 437. The molecule has 5 nitrogen and oxygen atoms in total. The van der Waals surface area contributed by atoms with Gasteiger partial charge in [0.25, 0.3) is 5.69 Å². The average molecular weight is 207 g/mol. The Morgan fingerprint density at radius 3 is 2.67 bits per heavy atom. The van der Waals surface area contributed by atoms with Gasteiger partial charge in [-0.3, -0.25) is 10.1 Å². The molecule has 0 radical (unpaired) electrons. The standard InChI is InChI=1S/C10H9NO4/c1-7-6-8(3-5-10(12)13)2-4-9(7)11(14)15/h2-6H,1H3,(H,12,13)/b5-3+. The highest BCUT2D eigenvalue weighted by Gasteiger charge is 2.08. The highest BCUT2D eigenvalue weighted by atomic mass is 16.6. The zero-order chi connectivity index (χ0) is 11.4. The molecule has 1 rings (SSSR count). The van der Waals surface area contributed by atoms with E-state index >= 15 is 0 Å². The van der Waals surface area contributed by atoms with E-state index in [2.05, 4.69) is 0 Å². The lowest BCUT2D eigenvalue weighted by molar-refractivity contribution is -0.385. The summed E-state index contributed by atoms with van der Waals surface area (Å²) in [4.78, 5) is 20.3. The molecule has 0 aliphatic heterocycles. The molecule has 15 heavy (non-hydrogen) atoms. The van der Waals surface area contributed by atoms with E-state index in [0.29, 0.717) is 11.1 Å². The fourth-order valence-electron chi connectivity index (χ4n) is 1.15. The monoisotopic (exact) mass is 207 g/mol. The molecular weight excluding hydrogens is 198 g/mol. The van der Waals surface area contributed by atoms with E-state index in [1.54, 1.807) is 13.0 Å². The van der Waals surface area contributed by atoms with Gasteiger partial charge in [0.2, 0.25) is 0 Å². The van der Waals surface area contributed by atoms with Gasteiger partial charge in [-0.15, -0.1) is 0 Å². The number of carbonyl (C=O) groups is 1. The number of aryl methyl sites for hydroxylation is 1. The van der Waals surface area contributed by atoms with Crippen LogP contribution in [0.1, 0.15) is 11.1 Å².